The smallest absolute Gasteiger partial charge is 0.313 e. The molecular weight excluding hydrogens is 200 g/mol. The Morgan fingerprint density at radius 3 is 2.33 bits per heavy atom. The second kappa shape index (κ2) is 3.64. The largest absolute Gasteiger partial charge is 0.424 e. The minimum atomic E-state index is -1.10. The van der Waals surface area contributed by atoms with Crippen LogP contribution in [-0.4, -0.2) is 24.0 Å². The molecule has 1 heterocycles. The Labute approximate surface area is 87.7 Å². The number of carbonyl (C=O) groups excluding carboxylic acids is 3. The van der Waals surface area contributed by atoms with Crippen molar-refractivity contribution in [1.29, 1.82) is 0 Å². The molecule has 5 heteroatoms. The maximum Gasteiger partial charge on any atom is 0.313 e. The molecule has 1 aliphatic heterocycles. The van der Waals surface area contributed by atoms with E-state index in [1.165, 1.54) is 13.8 Å². The van der Waals surface area contributed by atoms with E-state index in [9.17, 15) is 14.4 Å². The van der Waals surface area contributed by atoms with Crippen LogP contribution in [0, 0.1) is 11.3 Å². The van der Waals surface area contributed by atoms with Crippen LogP contribution in [0.3, 0.4) is 0 Å². The van der Waals surface area contributed by atoms with Crippen molar-refractivity contribution >= 4 is 17.7 Å². The maximum atomic E-state index is 11.5. The van der Waals surface area contributed by atoms with Crippen LogP contribution in [0.4, 0.5) is 0 Å². The van der Waals surface area contributed by atoms with Gasteiger partial charge in [0.25, 0.3) is 6.29 Å². The SMILES string of the molecule is CC(=O)OC1OC(=O)C(C)C1(C)C(C)=O. The van der Waals surface area contributed by atoms with Crippen LogP contribution in [0.2, 0.25) is 0 Å². The maximum absolute atomic E-state index is 11.5. The van der Waals surface area contributed by atoms with Gasteiger partial charge in [0, 0.05) is 6.92 Å². The number of ketones is 1. The summed E-state index contributed by atoms with van der Waals surface area (Å²) < 4.78 is 9.68. The summed E-state index contributed by atoms with van der Waals surface area (Å²) in [4.78, 5) is 33.6. The first-order valence-corrected chi connectivity index (χ1v) is 4.69. The van der Waals surface area contributed by atoms with Crippen LogP contribution in [-0.2, 0) is 23.9 Å². The van der Waals surface area contributed by atoms with Gasteiger partial charge in [-0.25, -0.2) is 0 Å². The fourth-order valence-electron chi connectivity index (χ4n) is 1.55. The summed E-state index contributed by atoms with van der Waals surface area (Å²) >= 11 is 0. The summed E-state index contributed by atoms with van der Waals surface area (Å²) in [5.41, 5.74) is -1.08. The monoisotopic (exact) mass is 214 g/mol. The van der Waals surface area contributed by atoms with E-state index in [1.54, 1.807) is 13.8 Å². The molecular formula is C10H14O5. The molecule has 15 heavy (non-hydrogen) atoms. The minimum Gasteiger partial charge on any atom is -0.424 e. The van der Waals surface area contributed by atoms with Gasteiger partial charge in [0.05, 0.1) is 5.92 Å². The number of carbonyl (C=O) groups is 3. The molecule has 0 amide bonds. The predicted molar refractivity (Wildman–Crippen MR) is 49.6 cm³/mol. The summed E-state index contributed by atoms with van der Waals surface area (Å²) in [5.74, 6) is -1.92. The zero-order valence-corrected chi connectivity index (χ0v) is 9.20. The second-order valence-corrected chi connectivity index (χ2v) is 3.94. The van der Waals surface area contributed by atoms with E-state index in [0.717, 1.165) is 0 Å². The van der Waals surface area contributed by atoms with Gasteiger partial charge >= 0.3 is 11.9 Å². The third-order valence-electron chi connectivity index (χ3n) is 3.00. The number of rotatable bonds is 2. The molecule has 0 aromatic heterocycles. The van der Waals surface area contributed by atoms with E-state index in [0.29, 0.717) is 0 Å². The highest BCUT2D eigenvalue weighted by molar-refractivity contribution is 5.91. The summed E-state index contributed by atoms with van der Waals surface area (Å²) in [6.07, 6.45) is -1.10. The van der Waals surface area contributed by atoms with Gasteiger partial charge in [0.1, 0.15) is 11.2 Å². The Morgan fingerprint density at radius 1 is 1.40 bits per heavy atom. The second-order valence-electron chi connectivity index (χ2n) is 3.94. The van der Waals surface area contributed by atoms with Crippen molar-refractivity contribution in [2.45, 2.75) is 34.0 Å². The predicted octanol–water partition coefficient (Wildman–Crippen LogP) is 0.664. The van der Waals surface area contributed by atoms with E-state index in [2.05, 4.69) is 0 Å². The van der Waals surface area contributed by atoms with Crippen LogP contribution in [0.25, 0.3) is 0 Å². The molecule has 0 bridgehead atoms. The van der Waals surface area contributed by atoms with Gasteiger partial charge in [-0.1, -0.05) is 6.92 Å². The lowest BCUT2D eigenvalue weighted by atomic mass is 9.76. The molecule has 0 spiro atoms. The molecule has 1 rings (SSSR count). The third kappa shape index (κ3) is 1.73. The number of ether oxygens (including phenoxy) is 2. The van der Waals surface area contributed by atoms with Gasteiger partial charge in [-0.15, -0.1) is 0 Å². The zero-order chi connectivity index (χ0) is 11.8. The standard InChI is InChI=1S/C10H14O5/c1-5-8(13)15-9(14-7(3)12)10(5,4)6(2)11/h5,9H,1-4H3. The van der Waals surface area contributed by atoms with Gasteiger partial charge in [0.15, 0.2) is 0 Å². The highest BCUT2D eigenvalue weighted by atomic mass is 16.7. The van der Waals surface area contributed by atoms with Crippen LogP contribution >= 0.6 is 0 Å². The van der Waals surface area contributed by atoms with Crippen molar-refractivity contribution in [3.63, 3.8) is 0 Å². The Balaban J connectivity index is 3.01. The molecule has 1 aliphatic rings. The van der Waals surface area contributed by atoms with Crippen molar-refractivity contribution in [3.05, 3.63) is 0 Å². The van der Waals surface area contributed by atoms with E-state index >= 15 is 0 Å². The average molecular weight is 214 g/mol. The molecule has 84 valence electrons. The number of hydrogen-bond acceptors (Lipinski definition) is 5. The number of hydrogen-bond donors (Lipinski definition) is 0. The molecule has 3 atom stereocenters. The number of esters is 2. The van der Waals surface area contributed by atoms with Gasteiger partial charge < -0.3 is 9.47 Å². The molecule has 0 N–H and O–H groups in total. The van der Waals surface area contributed by atoms with Gasteiger partial charge in [0.2, 0.25) is 0 Å². The van der Waals surface area contributed by atoms with E-state index in [4.69, 9.17) is 9.47 Å². The zero-order valence-electron chi connectivity index (χ0n) is 9.20. The molecule has 1 saturated heterocycles. The molecule has 3 unspecified atom stereocenters. The van der Waals surface area contributed by atoms with E-state index in [1.807, 2.05) is 0 Å². The summed E-state index contributed by atoms with van der Waals surface area (Å²) in [5, 5.41) is 0. The van der Waals surface area contributed by atoms with Gasteiger partial charge in [-0.2, -0.15) is 0 Å². The Bertz CT molecular complexity index is 320. The lowest BCUT2D eigenvalue weighted by Gasteiger charge is -2.27. The van der Waals surface area contributed by atoms with Crippen LogP contribution in [0.1, 0.15) is 27.7 Å². The third-order valence-corrected chi connectivity index (χ3v) is 3.00. The highest BCUT2D eigenvalue weighted by Crippen LogP contribution is 2.41. The lowest BCUT2D eigenvalue weighted by molar-refractivity contribution is -0.188. The van der Waals surface area contributed by atoms with Gasteiger partial charge in [-0.05, 0) is 13.8 Å². The molecule has 5 nitrogen and oxygen atoms in total. The summed E-state index contributed by atoms with van der Waals surface area (Å²) in [6.45, 7) is 5.72. The highest BCUT2D eigenvalue weighted by Gasteiger charge is 2.57. The Kier molecular flexibility index (Phi) is 2.83. The molecule has 0 saturated carbocycles. The first kappa shape index (κ1) is 11.7. The average Bonchev–Trinajstić information content (AvgIpc) is 2.31. The minimum absolute atomic E-state index is 0.230. The Morgan fingerprint density at radius 2 is 1.93 bits per heavy atom. The Hall–Kier alpha value is -1.39. The lowest BCUT2D eigenvalue weighted by Crippen LogP contribution is -2.41. The van der Waals surface area contributed by atoms with Crippen molar-refractivity contribution in [2.24, 2.45) is 11.3 Å². The number of Topliss-reactive ketones (excluding diaryl/α,β-unsaturated/α-hetero) is 1. The van der Waals surface area contributed by atoms with Crippen LogP contribution in [0.5, 0.6) is 0 Å². The quantitative estimate of drug-likeness (QED) is 0.631. The first-order valence-electron chi connectivity index (χ1n) is 4.69. The van der Waals surface area contributed by atoms with Crippen LogP contribution in [0.15, 0.2) is 0 Å². The van der Waals surface area contributed by atoms with E-state index < -0.39 is 29.6 Å². The van der Waals surface area contributed by atoms with Gasteiger partial charge in [-0.3, -0.25) is 14.4 Å². The molecule has 1 fully saturated rings. The molecule has 0 aromatic rings. The fourth-order valence-corrected chi connectivity index (χ4v) is 1.55. The first-order chi connectivity index (χ1) is 6.80. The molecule has 0 radical (unpaired) electrons. The molecule has 0 aliphatic carbocycles. The normalized spacial score (nSPS) is 34.8. The fraction of sp³-hybridized carbons (Fsp3) is 0.700. The van der Waals surface area contributed by atoms with Crippen molar-refractivity contribution < 1.29 is 23.9 Å². The summed E-state index contributed by atoms with van der Waals surface area (Å²) in [7, 11) is 0. The topological polar surface area (TPSA) is 69.7 Å². The van der Waals surface area contributed by atoms with Crippen molar-refractivity contribution in [2.75, 3.05) is 0 Å². The summed E-state index contributed by atoms with van der Waals surface area (Å²) in [6, 6.07) is 0. The number of cyclic esters (lactones) is 1. The van der Waals surface area contributed by atoms with E-state index in [-0.39, 0.29) is 5.78 Å². The molecule has 0 aromatic carbocycles. The van der Waals surface area contributed by atoms with Crippen molar-refractivity contribution in [1.82, 2.24) is 0 Å². The van der Waals surface area contributed by atoms with Crippen molar-refractivity contribution in [3.8, 4) is 0 Å². The van der Waals surface area contributed by atoms with Crippen LogP contribution < -0.4 is 0 Å².